The minimum absolute atomic E-state index is 0.0939. The van der Waals surface area contributed by atoms with E-state index in [1.165, 1.54) is 12.0 Å². The number of amides is 1. The lowest BCUT2D eigenvalue weighted by atomic mass is 9.85. The number of hydrogen-bond acceptors (Lipinski definition) is 4. The van der Waals surface area contributed by atoms with E-state index in [2.05, 4.69) is 15.9 Å². The normalized spacial score (nSPS) is 20.6. The standard InChI is InChI=1S/C19H22BrF2NO4/c1-26-15-9-12-8-13(17(24)14(12)10-16(15)27-2)7-11-3-5-23(6-4-11)18(25)19(20,21)22/h9-11,13H,3-8H2,1-2H3. The largest absolute Gasteiger partial charge is 0.493 e. The van der Waals surface area contributed by atoms with Crippen molar-refractivity contribution in [2.45, 2.75) is 30.5 Å². The Hall–Kier alpha value is -1.70. The molecule has 1 fully saturated rings. The van der Waals surface area contributed by atoms with Crippen molar-refractivity contribution in [2.75, 3.05) is 27.3 Å². The quantitative estimate of drug-likeness (QED) is 0.648. The number of methoxy groups -OCH3 is 2. The Kier molecular flexibility index (Phi) is 5.74. The molecule has 1 saturated heterocycles. The lowest BCUT2D eigenvalue weighted by Gasteiger charge is -2.33. The minimum atomic E-state index is -3.51. The number of likely N-dealkylation sites (tertiary alicyclic amines) is 1. The third kappa shape index (κ3) is 4.10. The number of halogens is 3. The van der Waals surface area contributed by atoms with Gasteiger partial charge in [0.25, 0.3) is 0 Å². The molecule has 5 nitrogen and oxygen atoms in total. The zero-order valence-electron chi connectivity index (χ0n) is 15.3. The van der Waals surface area contributed by atoms with Crippen LogP contribution in [0.5, 0.6) is 11.5 Å². The van der Waals surface area contributed by atoms with Crippen LogP contribution < -0.4 is 9.47 Å². The van der Waals surface area contributed by atoms with Crippen molar-refractivity contribution in [3.05, 3.63) is 23.3 Å². The van der Waals surface area contributed by atoms with Crippen LogP contribution in [0.1, 0.15) is 35.2 Å². The number of benzene rings is 1. The predicted octanol–water partition coefficient (Wildman–Crippen LogP) is 3.68. The van der Waals surface area contributed by atoms with E-state index in [1.807, 2.05) is 6.07 Å². The van der Waals surface area contributed by atoms with Crippen molar-refractivity contribution < 1.29 is 27.8 Å². The van der Waals surface area contributed by atoms with Crippen LogP contribution in [0.4, 0.5) is 8.78 Å². The molecule has 0 aromatic heterocycles. The fourth-order valence-electron chi connectivity index (χ4n) is 4.04. The number of nitrogens with zero attached hydrogens (tertiary/aromatic N) is 1. The van der Waals surface area contributed by atoms with Crippen LogP contribution in [0, 0.1) is 11.8 Å². The highest BCUT2D eigenvalue weighted by atomic mass is 79.9. The second-order valence-corrected chi connectivity index (χ2v) is 8.09. The van der Waals surface area contributed by atoms with E-state index >= 15 is 0 Å². The van der Waals surface area contributed by atoms with Crippen LogP contribution in [0.2, 0.25) is 0 Å². The van der Waals surface area contributed by atoms with E-state index in [4.69, 9.17) is 9.47 Å². The molecule has 148 valence electrons. The van der Waals surface area contributed by atoms with Gasteiger partial charge in [-0.2, -0.15) is 8.78 Å². The van der Waals surface area contributed by atoms with Gasteiger partial charge in [-0.1, -0.05) is 0 Å². The third-order valence-corrected chi connectivity index (χ3v) is 5.81. The highest BCUT2D eigenvalue weighted by molar-refractivity contribution is 9.10. The Morgan fingerprint density at radius 1 is 1.22 bits per heavy atom. The number of carbonyl (C=O) groups excluding carboxylic acids is 2. The maximum atomic E-state index is 13.1. The van der Waals surface area contributed by atoms with E-state index in [9.17, 15) is 18.4 Å². The molecular formula is C19H22BrF2NO4. The topological polar surface area (TPSA) is 55.8 Å². The molecule has 1 amide bonds. The number of ether oxygens (including phenoxy) is 2. The van der Waals surface area contributed by atoms with Gasteiger partial charge in [0.15, 0.2) is 17.3 Å². The summed E-state index contributed by atoms with van der Waals surface area (Å²) >= 11 is 2.12. The highest BCUT2D eigenvalue weighted by Crippen LogP contribution is 2.39. The second-order valence-electron chi connectivity index (χ2n) is 7.10. The molecule has 1 aromatic carbocycles. The minimum Gasteiger partial charge on any atom is -0.493 e. The summed E-state index contributed by atoms with van der Waals surface area (Å²) < 4.78 is 36.8. The number of piperidine rings is 1. The van der Waals surface area contributed by atoms with Crippen molar-refractivity contribution in [1.29, 1.82) is 0 Å². The monoisotopic (exact) mass is 445 g/mol. The summed E-state index contributed by atoms with van der Waals surface area (Å²) in [4.78, 5) is 22.1. The number of Topliss-reactive ketones (excluding diaryl/α,β-unsaturated/α-hetero) is 1. The summed E-state index contributed by atoms with van der Waals surface area (Å²) in [7, 11) is 3.09. The predicted molar refractivity (Wildman–Crippen MR) is 98.9 cm³/mol. The first-order valence-electron chi connectivity index (χ1n) is 8.89. The fourth-order valence-corrected chi connectivity index (χ4v) is 4.29. The number of hydrogen-bond donors (Lipinski definition) is 0. The molecule has 1 aromatic rings. The Labute approximate surface area is 165 Å². The number of fused-ring (bicyclic) bond motifs is 1. The lowest BCUT2D eigenvalue weighted by Crippen LogP contribution is -2.45. The molecular weight excluding hydrogens is 424 g/mol. The first-order chi connectivity index (χ1) is 12.7. The van der Waals surface area contributed by atoms with Gasteiger partial charge >= 0.3 is 10.7 Å². The maximum Gasteiger partial charge on any atom is 0.377 e. The molecule has 0 saturated carbocycles. The summed E-state index contributed by atoms with van der Waals surface area (Å²) in [5, 5.41) is 0. The van der Waals surface area contributed by atoms with Crippen molar-refractivity contribution in [3.63, 3.8) is 0 Å². The Morgan fingerprint density at radius 3 is 2.37 bits per heavy atom. The van der Waals surface area contributed by atoms with Crippen molar-refractivity contribution in [2.24, 2.45) is 11.8 Å². The Bertz CT molecular complexity index is 742. The van der Waals surface area contributed by atoms with Gasteiger partial charge in [-0.15, -0.1) is 0 Å². The average Bonchev–Trinajstić information content (AvgIpc) is 2.94. The van der Waals surface area contributed by atoms with Crippen LogP contribution in [0.3, 0.4) is 0 Å². The van der Waals surface area contributed by atoms with Gasteiger partial charge < -0.3 is 14.4 Å². The molecule has 0 N–H and O–H groups in total. The van der Waals surface area contributed by atoms with Crippen molar-refractivity contribution >= 4 is 27.6 Å². The summed E-state index contributed by atoms with van der Waals surface area (Å²) in [6.07, 6.45) is 2.60. The number of rotatable bonds is 5. The Morgan fingerprint density at radius 2 is 1.81 bits per heavy atom. The number of alkyl halides is 3. The van der Waals surface area contributed by atoms with Gasteiger partial charge in [0, 0.05) is 40.5 Å². The molecule has 0 spiro atoms. The first kappa shape index (κ1) is 20.0. The van der Waals surface area contributed by atoms with E-state index < -0.39 is 10.7 Å². The summed E-state index contributed by atoms with van der Waals surface area (Å²) in [6.45, 7) is 0.584. The lowest BCUT2D eigenvalue weighted by molar-refractivity contribution is -0.147. The van der Waals surface area contributed by atoms with Crippen LogP contribution in [0.15, 0.2) is 12.1 Å². The van der Waals surface area contributed by atoms with Gasteiger partial charge in [0.05, 0.1) is 14.2 Å². The van der Waals surface area contributed by atoms with Crippen molar-refractivity contribution in [3.8, 4) is 11.5 Å². The first-order valence-corrected chi connectivity index (χ1v) is 9.69. The fraction of sp³-hybridized carbons (Fsp3) is 0.579. The SMILES string of the molecule is COc1cc2c(cc1OC)C(=O)C(CC1CCN(C(=O)C(F)(F)Br)CC1)C2. The molecule has 1 aliphatic carbocycles. The van der Waals surface area contributed by atoms with Crippen LogP contribution in [0.25, 0.3) is 0 Å². The summed E-state index contributed by atoms with van der Waals surface area (Å²) in [5.41, 5.74) is 1.62. The van der Waals surface area contributed by atoms with Crippen LogP contribution >= 0.6 is 15.9 Å². The Balaban J connectivity index is 1.62. The smallest absolute Gasteiger partial charge is 0.377 e. The number of ketones is 1. The maximum absolute atomic E-state index is 13.1. The molecule has 1 heterocycles. The van der Waals surface area contributed by atoms with Gasteiger partial charge in [-0.3, -0.25) is 9.59 Å². The van der Waals surface area contributed by atoms with Crippen LogP contribution in [-0.2, 0) is 11.2 Å². The van der Waals surface area contributed by atoms with Gasteiger partial charge in [0.2, 0.25) is 0 Å². The van der Waals surface area contributed by atoms with E-state index in [0.717, 1.165) is 5.56 Å². The van der Waals surface area contributed by atoms with E-state index in [0.29, 0.717) is 55.8 Å². The molecule has 0 bridgehead atoms. The van der Waals surface area contributed by atoms with Gasteiger partial charge in [-0.25, -0.2) is 0 Å². The molecule has 2 aliphatic rings. The molecule has 1 atom stereocenters. The average molecular weight is 446 g/mol. The van der Waals surface area contributed by atoms with Gasteiger partial charge in [-0.05, 0) is 49.3 Å². The molecule has 1 aliphatic heterocycles. The molecule has 1 unspecified atom stereocenters. The van der Waals surface area contributed by atoms with Crippen LogP contribution in [-0.4, -0.2) is 48.7 Å². The molecule has 8 heteroatoms. The third-order valence-electron chi connectivity index (χ3n) is 5.47. The zero-order chi connectivity index (χ0) is 19.8. The number of carbonyl (C=O) groups is 2. The molecule has 0 radical (unpaired) electrons. The molecule has 3 rings (SSSR count). The summed E-state index contributed by atoms with van der Waals surface area (Å²) in [6, 6.07) is 3.58. The van der Waals surface area contributed by atoms with Crippen molar-refractivity contribution in [1.82, 2.24) is 4.90 Å². The van der Waals surface area contributed by atoms with E-state index in [-0.39, 0.29) is 17.6 Å². The van der Waals surface area contributed by atoms with E-state index in [1.54, 1.807) is 13.2 Å². The second kappa shape index (κ2) is 7.73. The molecule has 27 heavy (non-hydrogen) atoms. The summed E-state index contributed by atoms with van der Waals surface area (Å²) in [5.74, 6) is 0.160. The van der Waals surface area contributed by atoms with Gasteiger partial charge in [0.1, 0.15) is 0 Å². The zero-order valence-corrected chi connectivity index (χ0v) is 16.9. The highest BCUT2D eigenvalue weighted by Gasteiger charge is 2.41.